The van der Waals surface area contributed by atoms with Gasteiger partial charge in [0, 0.05) is 127 Å². The highest BCUT2D eigenvalue weighted by atomic mass is 32.1. The van der Waals surface area contributed by atoms with E-state index >= 15 is 0 Å². The molecule has 0 spiro atoms. The second-order valence-electron chi connectivity index (χ2n) is 16.9. The lowest BCUT2D eigenvalue weighted by molar-refractivity contribution is -0.131. The Labute approximate surface area is 368 Å². The molecule has 3 aromatic carbocycles. The highest BCUT2D eigenvalue weighted by Crippen LogP contribution is 2.44. The molecule has 1 saturated heterocycles. The van der Waals surface area contributed by atoms with Gasteiger partial charge in [-0.25, -0.2) is 18.6 Å². The molecule has 0 aliphatic carbocycles. The van der Waals surface area contributed by atoms with Crippen molar-refractivity contribution in [2.24, 2.45) is 7.05 Å². The minimum Gasteiger partial charge on any atom is -0.341 e. The lowest BCUT2D eigenvalue weighted by Crippen LogP contribution is -2.44. The molecule has 3 aliphatic heterocycles. The van der Waals surface area contributed by atoms with E-state index < -0.39 is 6.43 Å². The number of rotatable bonds is 10. The number of aromatic nitrogens is 6. The summed E-state index contributed by atoms with van der Waals surface area (Å²) in [4.78, 5) is 36.8. The van der Waals surface area contributed by atoms with Crippen molar-refractivity contribution in [3.05, 3.63) is 99.8 Å². The molecule has 0 saturated carbocycles. The van der Waals surface area contributed by atoms with Crippen LogP contribution in [-0.2, 0) is 44.3 Å². The molecule has 3 aliphatic rings. The maximum absolute atomic E-state index is 14.8. The third-order valence-electron chi connectivity index (χ3n) is 13.2. The van der Waals surface area contributed by atoms with E-state index in [0.29, 0.717) is 56.8 Å². The first-order valence-electron chi connectivity index (χ1n) is 21.9. The zero-order valence-corrected chi connectivity index (χ0v) is 36.6. The monoisotopic (exact) mass is 871 g/mol. The van der Waals surface area contributed by atoms with Gasteiger partial charge in [-0.05, 0) is 79.6 Å². The summed E-state index contributed by atoms with van der Waals surface area (Å²) in [5.41, 5.74) is 12.3. The van der Waals surface area contributed by atoms with Crippen LogP contribution in [0, 0.1) is 0 Å². The van der Waals surface area contributed by atoms with E-state index in [1.54, 1.807) is 53.5 Å². The summed E-state index contributed by atoms with van der Waals surface area (Å²) < 4.78 is 35.6. The van der Waals surface area contributed by atoms with Crippen LogP contribution in [0.3, 0.4) is 0 Å². The summed E-state index contributed by atoms with van der Waals surface area (Å²) in [7, 11) is 3.41. The minimum atomic E-state index is -2.68. The fourth-order valence-corrected chi connectivity index (χ4v) is 10.6. The van der Waals surface area contributed by atoms with E-state index in [4.69, 9.17) is 5.10 Å². The second-order valence-corrected chi connectivity index (χ2v) is 17.6. The number of fused-ring (bicyclic) bond motifs is 5. The Kier molecular flexibility index (Phi) is 11.0. The average Bonchev–Trinajstić information content (AvgIpc) is 4.13. The van der Waals surface area contributed by atoms with Crippen LogP contribution in [0.25, 0.3) is 44.2 Å². The largest absolute Gasteiger partial charge is 0.341 e. The molecule has 0 radical (unpaired) electrons. The first-order valence-corrected chi connectivity index (χ1v) is 22.8. The summed E-state index contributed by atoms with van der Waals surface area (Å²) in [5, 5.41) is 20.2. The van der Waals surface area contributed by atoms with Gasteiger partial charge in [0.2, 0.25) is 5.91 Å². The first-order chi connectivity index (χ1) is 30.7. The maximum atomic E-state index is 14.8. The molecule has 16 heteroatoms. The first kappa shape index (κ1) is 40.9. The number of halogens is 2. The number of likely N-dealkylation sites (tertiary alicyclic amines) is 1. The number of alkyl halides is 2. The molecule has 13 nitrogen and oxygen atoms in total. The van der Waals surface area contributed by atoms with Crippen LogP contribution in [0.15, 0.2) is 71.8 Å². The summed E-state index contributed by atoms with van der Waals surface area (Å²) >= 11 is 1.60. The number of nitrogens with zero attached hydrogens (tertiary/aromatic N) is 9. The lowest BCUT2D eigenvalue weighted by Gasteiger charge is -2.34. The maximum Gasteiger partial charge on any atom is 0.317 e. The zero-order chi connectivity index (χ0) is 43.4. The summed E-state index contributed by atoms with van der Waals surface area (Å²) in [6, 6.07) is 16.6. The van der Waals surface area contributed by atoms with Gasteiger partial charge in [0.1, 0.15) is 0 Å². The van der Waals surface area contributed by atoms with Crippen LogP contribution in [0.1, 0.15) is 66.6 Å². The summed E-state index contributed by atoms with van der Waals surface area (Å²) in [5.74, 6) is 0.788. The topological polar surface area (TPSA) is 121 Å². The van der Waals surface area contributed by atoms with Crippen molar-refractivity contribution in [2.45, 2.75) is 71.1 Å². The molecule has 0 bridgehead atoms. The van der Waals surface area contributed by atoms with Crippen LogP contribution in [0.4, 0.5) is 25.1 Å². The predicted octanol–water partition coefficient (Wildman–Crippen LogP) is 8.21. The number of benzene rings is 3. The third kappa shape index (κ3) is 7.52. The number of hydrogen-bond donors (Lipinski definition) is 2. The molecule has 326 valence electrons. The highest BCUT2D eigenvalue weighted by Gasteiger charge is 2.35. The number of thiazole rings is 1. The molecule has 3 amide bonds. The van der Waals surface area contributed by atoms with Crippen LogP contribution in [0.2, 0.25) is 0 Å². The van der Waals surface area contributed by atoms with Crippen molar-refractivity contribution in [1.29, 1.82) is 0 Å². The van der Waals surface area contributed by atoms with Gasteiger partial charge >= 0.3 is 6.03 Å². The predicted molar refractivity (Wildman–Crippen MR) is 243 cm³/mol. The zero-order valence-electron chi connectivity index (χ0n) is 35.8. The Hall–Kier alpha value is -6.13. The number of hydrogen-bond acceptors (Lipinski definition) is 8. The van der Waals surface area contributed by atoms with Crippen molar-refractivity contribution >= 4 is 56.6 Å². The van der Waals surface area contributed by atoms with Gasteiger partial charge < -0.3 is 29.9 Å². The average molecular weight is 872 g/mol. The number of carbonyl (C=O) groups excluding carboxylic acids is 2. The lowest BCUT2D eigenvalue weighted by atomic mass is 9.92. The molecule has 0 atom stereocenters. The van der Waals surface area contributed by atoms with Gasteiger partial charge in [-0.3, -0.25) is 14.2 Å². The molecule has 0 unspecified atom stereocenters. The number of anilines is 2. The van der Waals surface area contributed by atoms with Gasteiger partial charge in [-0.2, -0.15) is 10.2 Å². The van der Waals surface area contributed by atoms with Crippen molar-refractivity contribution in [1.82, 2.24) is 49.5 Å². The van der Waals surface area contributed by atoms with Crippen molar-refractivity contribution in [3.8, 4) is 22.4 Å². The van der Waals surface area contributed by atoms with Crippen molar-refractivity contribution in [3.63, 3.8) is 0 Å². The van der Waals surface area contributed by atoms with Gasteiger partial charge in [-0.15, -0.1) is 11.3 Å². The van der Waals surface area contributed by atoms with Crippen molar-refractivity contribution in [2.75, 3.05) is 44.7 Å². The standard InChI is InChI=1S/C47H51F2N11O2S/c1-4-58-40-10-7-29(18-36(40)34-9-8-30(20-43(34)58)39-27-63-28-52-39)22-51-24-44(61)56-15-11-33(12-16-56)60-41-13-17-57(47(62)50-2)26-38(41)46(54-60)59-14-5-6-31-19-35(32-23-53-55(3)25-32)37(45(48)49)21-42(31)59/h7-10,18-21,23,25,27-28,33,45,51H,4-6,11-17,22,24,26H2,1-3H3,(H,50,62). The number of piperidine rings is 1. The molecule has 2 N–H and O–H groups in total. The molecule has 7 heterocycles. The fraction of sp³-hybridized carbons (Fsp3) is 0.383. The van der Waals surface area contributed by atoms with E-state index in [1.165, 1.54) is 21.8 Å². The van der Waals surface area contributed by atoms with E-state index in [2.05, 4.69) is 83.6 Å². The minimum absolute atomic E-state index is 0.0383. The van der Waals surface area contributed by atoms with Crippen molar-refractivity contribution < 1.29 is 18.4 Å². The molecule has 63 heavy (non-hydrogen) atoms. The normalized spacial score (nSPS) is 15.7. The van der Waals surface area contributed by atoms with E-state index in [0.717, 1.165) is 77.4 Å². The Balaban J connectivity index is 0.844. The van der Waals surface area contributed by atoms with E-state index in [-0.39, 0.29) is 30.1 Å². The number of nitrogens with one attached hydrogen (secondary N) is 2. The van der Waals surface area contributed by atoms with Crippen LogP contribution in [-0.4, -0.2) is 90.6 Å². The smallest absolute Gasteiger partial charge is 0.317 e. The number of aryl methyl sites for hydroxylation is 3. The Morgan fingerprint density at radius 2 is 1.81 bits per heavy atom. The van der Waals surface area contributed by atoms with Gasteiger partial charge in [0.25, 0.3) is 6.43 Å². The highest BCUT2D eigenvalue weighted by molar-refractivity contribution is 7.07. The summed E-state index contributed by atoms with van der Waals surface area (Å²) in [6.45, 7) is 6.59. The molecule has 1 fully saturated rings. The van der Waals surface area contributed by atoms with Crippen LogP contribution < -0.4 is 15.5 Å². The van der Waals surface area contributed by atoms with Gasteiger partial charge in [-0.1, -0.05) is 18.2 Å². The van der Waals surface area contributed by atoms with E-state index in [1.807, 2.05) is 16.5 Å². The molecule has 4 aromatic heterocycles. The molecule has 10 rings (SSSR count). The number of urea groups is 1. The van der Waals surface area contributed by atoms with Crippen LogP contribution in [0.5, 0.6) is 0 Å². The Bertz CT molecular complexity index is 2840. The number of carbonyl (C=O) groups is 2. The van der Waals surface area contributed by atoms with Gasteiger partial charge in [0.15, 0.2) is 5.82 Å². The molecular formula is C47H51F2N11O2S. The fourth-order valence-electron chi connectivity index (χ4n) is 10.0. The molecular weight excluding hydrogens is 821 g/mol. The SMILES string of the molecule is CCn1c2ccc(CNCC(=O)N3CCC(n4nc(N5CCCc6cc(-c7cnn(C)c7)c(C(F)F)cc65)c5c4CCN(C(=O)NC)C5)CC3)cc2c2ccc(-c3cscn3)cc21. The number of amides is 3. The van der Waals surface area contributed by atoms with E-state index in [9.17, 15) is 18.4 Å². The van der Waals surface area contributed by atoms with Crippen LogP contribution >= 0.6 is 11.3 Å². The quantitative estimate of drug-likeness (QED) is 0.142. The third-order valence-corrected chi connectivity index (χ3v) is 13.8. The Morgan fingerprint density at radius 1 is 0.952 bits per heavy atom. The Morgan fingerprint density at radius 3 is 2.56 bits per heavy atom. The molecule has 7 aromatic rings. The second kappa shape index (κ2) is 16.9. The van der Waals surface area contributed by atoms with Gasteiger partial charge in [0.05, 0.1) is 36.5 Å². The summed E-state index contributed by atoms with van der Waals surface area (Å²) in [6.07, 6.45) is 4.40.